The molecule has 0 spiro atoms. The molecule has 19 heavy (non-hydrogen) atoms. The molecule has 5 heteroatoms. The smallest absolute Gasteiger partial charge is 0.292 e. The van der Waals surface area contributed by atoms with Crippen LogP contribution in [0.3, 0.4) is 0 Å². The summed E-state index contributed by atoms with van der Waals surface area (Å²) in [4.78, 5) is 22.5. The van der Waals surface area contributed by atoms with Crippen LogP contribution in [0.25, 0.3) is 0 Å². The van der Waals surface area contributed by atoms with Gasteiger partial charge in [0.25, 0.3) is 5.69 Å². The van der Waals surface area contributed by atoms with Crippen molar-refractivity contribution in [1.82, 2.24) is 0 Å². The summed E-state index contributed by atoms with van der Waals surface area (Å²) in [6.45, 7) is 4.03. The third-order valence-corrected chi connectivity index (χ3v) is 3.13. The van der Waals surface area contributed by atoms with Crippen LogP contribution in [0, 0.1) is 16.0 Å². The normalized spacial score (nSPS) is 11.9. The highest BCUT2D eigenvalue weighted by molar-refractivity contribution is 5.94. The van der Waals surface area contributed by atoms with Crippen LogP contribution in [-0.2, 0) is 4.79 Å². The predicted octanol–water partition coefficient (Wildman–Crippen LogP) is 3.75. The maximum atomic E-state index is 12.1. The number of nitro benzene ring substituents is 1. The van der Waals surface area contributed by atoms with Crippen LogP contribution in [0.2, 0.25) is 0 Å². The molecule has 1 atom stereocenters. The summed E-state index contributed by atoms with van der Waals surface area (Å²) in [6, 6.07) is 6.21. The van der Waals surface area contributed by atoms with E-state index in [-0.39, 0.29) is 23.2 Å². The maximum absolute atomic E-state index is 12.1. The van der Waals surface area contributed by atoms with Crippen LogP contribution in [-0.4, -0.2) is 10.8 Å². The van der Waals surface area contributed by atoms with Gasteiger partial charge in [-0.25, -0.2) is 0 Å². The Balaban J connectivity index is 2.78. The lowest BCUT2D eigenvalue weighted by Crippen LogP contribution is -2.22. The Morgan fingerprint density at radius 1 is 1.37 bits per heavy atom. The first kappa shape index (κ1) is 15.1. The lowest BCUT2D eigenvalue weighted by molar-refractivity contribution is -0.383. The topological polar surface area (TPSA) is 72.2 Å². The fraction of sp³-hybridized carbons (Fsp3) is 0.500. The largest absolute Gasteiger partial charge is 0.320 e. The van der Waals surface area contributed by atoms with Gasteiger partial charge in [0.15, 0.2) is 0 Å². The molecule has 0 saturated carbocycles. The van der Waals surface area contributed by atoms with Gasteiger partial charge in [-0.05, 0) is 18.9 Å². The quantitative estimate of drug-likeness (QED) is 0.602. The predicted molar refractivity (Wildman–Crippen MR) is 75.0 cm³/mol. The van der Waals surface area contributed by atoms with E-state index in [1.807, 2.05) is 6.92 Å². The summed E-state index contributed by atoms with van der Waals surface area (Å²) >= 11 is 0. The maximum Gasteiger partial charge on any atom is 0.292 e. The van der Waals surface area contributed by atoms with Crippen molar-refractivity contribution in [2.75, 3.05) is 5.32 Å². The number of amides is 1. The van der Waals surface area contributed by atoms with Gasteiger partial charge in [0.2, 0.25) is 5.91 Å². The molecule has 1 N–H and O–H groups in total. The third-order valence-electron chi connectivity index (χ3n) is 3.13. The molecular weight excluding hydrogens is 244 g/mol. The van der Waals surface area contributed by atoms with E-state index in [1.165, 1.54) is 6.07 Å². The highest BCUT2D eigenvalue weighted by atomic mass is 16.6. The zero-order valence-corrected chi connectivity index (χ0v) is 11.4. The number of unbranched alkanes of at least 4 members (excludes halogenated alkanes) is 1. The molecule has 0 aliphatic rings. The second-order valence-corrected chi connectivity index (χ2v) is 4.51. The number of rotatable bonds is 7. The first-order chi connectivity index (χ1) is 9.10. The van der Waals surface area contributed by atoms with Crippen LogP contribution < -0.4 is 5.32 Å². The third kappa shape index (κ3) is 4.35. The molecule has 0 aliphatic carbocycles. The molecule has 104 valence electrons. The molecule has 1 amide bonds. The van der Waals surface area contributed by atoms with Crippen molar-refractivity contribution in [1.29, 1.82) is 0 Å². The number of carbonyl (C=O) groups is 1. The summed E-state index contributed by atoms with van der Waals surface area (Å²) in [6.07, 6.45) is 3.59. The lowest BCUT2D eigenvalue weighted by atomic mass is 9.98. The van der Waals surface area contributed by atoms with Gasteiger partial charge in [-0.15, -0.1) is 0 Å². The minimum Gasteiger partial charge on any atom is -0.320 e. The van der Waals surface area contributed by atoms with Crippen LogP contribution in [0.1, 0.15) is 39.5 Å². The average molecular weight is 264 g/mol. The number of benzene rings is 1. The molecular formula is C14H20N2O3. The van der Waals surface area contributed by atoms with Crippen molar-refractivity contribution in [3.63, 3.8) is 0 Å². The molecule has 0 fully saturated rings. The van der Waals surface area contributed by atoms with Crippen LogP contribution >= 0.6 is 0 Å². The highest BCUT2D eigenvalue weighted by Crippen LogP contribution is 2.24. The second kappa shape index (κ2) is 7.51. The average Bonchev–Trinajstić information content (AvgIpc) is 2.40. The Labute approximate surface area is 113 Å². The molecule has 0 aromatic heterocycles. The number of anilines is 1. The number of nitro groups is 1. The fourth-order valence-electron chi connectivity index (χ4n) is 1.94. The number of hydrogen-bond donors (Lipinski definition) is 1. The zero-order chi connectivity index (χ0) is 14.3. The summed E-state index contributed by atoms with van der Waals surface area (Å²) < 4.78 is 0. The minimum absolute atomic E-state index is 0.0683. The Kier molecular flexibility index (Phi) is 5.99. The van der Waals surface area contributed by atoms with Crippen molar-refractivity contribution in [2.45, 2.75) is 39.5 Å². The summed E-state index contributed by atoms with van der Waals surface area (Å²) in [7, 11) is 0. The van der Waals surface area contributed by atoms with Crippen LogP contribution in [0.15, 0.2) is 24.3 Å². The van der Waals surface area contributed by atoms with Crippen LogP contribution in [0.4, 0.5) is 11.4 Å². The molecule has 1 rings (SSSR count). The number of nitrogens with zero attached hydrogens (tertiary/aromatic N) is 1. The highest BCUT2D eigenvalue weighted by Gasteiger charge is 2.20. The van der Waals surface area contributed by atoms with Gasteiger partial charge < -0.3 is 5.32 Å². The minimum atomic E-state index is -0.484. The molecule has 0 heterocycles. The number of para-hydroxylation sites is 2. The van der Waals surface area contributed by atoms with Crippen molar-refractivity contribution in [2.24, 2.45) is 5.92 Å². The number of carbonyl (C=O) groups excluding carboxylic acids is 1. The first-order valence-corrected chi connectivity index (χ1v) is 6.64. The van der Waals surface area contributed by atoms with E-state index < -0.39 is 4.92 Å². The van der Waals surface area contributed by atoms with E-state index >= 15 is 0 Å². The lowest BCUT2D eigenvalue weighted by Gasteiger charge is -2.14. The number of nitrogens with one attached hydrogen (secondary N) is 1. The zero-order valence-electron chi connectivity index (χ0n) is 11.4. The summed E-state index contributed by atoms with van der Waals surface area (Å²) in [5, 5.41) is 13.5. The van der Waals surface area contributed by atoms with Crippen molar-refractivity contribution < 1.29 is 9.72 Å². The second-order valence-electron chi connectivity index (χ2n) is 4.51. The monoisotopic (exact) mass is 264 g/mol. The standard InChI is InChI=1S/C14H20N2O3/c1-3-5-8-11(4-2)14(17)15-12-9-6-7-10-13(12)16(18)19/h6-7,9-11H,3-5,8H2,1-2H3,(H,15,17). The van der Waals surface area contributed by atoms with Gasteiger partial charge in [0.1, 0.15) is 5.69 Å². The van der Waals surface area contributed by atoms with E-state index in [2.05, 4.69) is 12.2 Å². The molecule has 0 radical (unpaired) electrons. The van der Waals surface area contributed by atoms with Crippen molar-refractivity contribution in [3.8, 4) is 0 Å². The SMILES string of the molecule is CCCCC(CC)C(=O)Nc1ccccc1[N+](=O)[O-]. The van der Waals surface area contributed by atoms with E-state index in [4.69, 9.17) is 0 Å². The summed E-state index contributed by atoms with van der Waals surface area (Å²) in [5.41, 5.74) is 0.202. The van der Waals surface area contributed by atoms with E-state index in [9.17, 15) is 14.9 Å². The molecule has 1 unspecified atom stereocenters. The van der Waals surface area contributed by atoms with Gasteiger partial charge in [-0.3, -0.25) is 14.9 Å². The van der Waals surface area contributed by atoms with Gasteiger partial charge in [-0.1, -0.05) is 38.8 Å². The van der Waals surface area contributed by atoms with Gasteiger partial charge in [0.05, 0.1) is 4.92 Å². The molecule has 0 aliphatic heterocycles. The van der Waals surface area contributed by atoms with Gasteiger partial charge in [-0.2, -0.15) is 0 Å². The van der Waals surface area contributed by atoms with Gasteiger partial charge >= 0.3 is 0 Å². The van der Waals surface area contributed by atoms with Gasteiger partial charge in [0, 0.05) is 12.0 Å². The van der Waals surface area contributed by atoms with E-state index in [0.717, 1.165) is 25.7 Å². The van der Waals surface area contributed by atoms with E-state index in [0.29, 0.717) is 0 Å². The van der Waals surface area contributed by atoms with Crippen molar-refractivity contribution in [3.05, 3.63) is 34.4 Å². The molecule has 0 saturated heterocycles. The Hall–Kier alpha value is -1.91. The molecule has 5 nitrogen and oxygen atoms in total. The molecule has 0 bridgehead atoms. The Morgan fingerprint density at radius 2 is 2.05 bits per heavy atom. The molecule has 1 aromatic rings. The number of hydrogen-bond acceptors (Lipinski definition) is 3. The first-order valence-electron chi connectivity index (χ1n) is 6.64. The molecule has 1 aromatic carbocycles. The van der Waals surface area contributed by atoms with Crippen molar-refractivity contribution >= 4 is 17.3 Å². The van der Waals surface area contributed by atoms with E-state index in [1.54, 1.807) is 18.2 Å². The fourth-order valence-corrected chi connectivity index (χ4v) is 1.94. The Bertz CT molecular complexity index is 446. The Morgan fingerprint density at radius 3 is 2.63 bits per heavy atom. The summed E-state index contributed by atoms with van der Waals surface area (Å²) in [5.74, 6) is -0.218. The van der Waals surface area contributed by atoms with Crippen LogP contribution in [0.5, 0.6) is 0 Å².